The highest BCUT2D eigenvalue weighted by atomic mass is 35.5. The molecule has 0 amide bonds. The van der Waals surface area contributed by atoms with Crippen molar-refractivity contribution in [1.29, 1.82) is 0 Å². The summed E-state index contributed by atoms with van der Waals surface area (Å²) in [5.41, 5.74) is 1.23. The smallest absolute Gasteiger partial charge is 0.126 e. The quantitative estimate of drug-likeness (QED) is 0.886. The summed E-state index contributed by atoms with van der Waals surface area (Å²) in [6, 6.07) is 12.3. The molecule has 2 aromatic carbocycles. The molecule has 3 heteroatoms. The number of halogens is 1. The van der Waals surface area contributed by atoms with Crippen molar-refractivity contribution in [3.05, 3.63) is 53.6 Å². The van der Waals surface area contributed by atoms with Crippen LogP contribution in [0.15, 0.2) is 48.0 Å². The molecule has 0 aliphatic rings. The van der Waals surface area contributed by atoms with Gasteiger partial charge in [0, 0.05) is 23.5 Å². The first-order valence-electron chi connectivity index (χ1n) is 5.81. The maximum Gasteiger partial charge on any atom is 0.126 e. The van der Waals surface area contributed by atoms with Crippen LogP contribution in [0.5, 0.6) is 5.75 Å². The second kappa shape index (κ2) is 5.89. The molecule has 0 heterocycles. The van der Waals surface area contributed by atoms with E-state index in [1.165, 1.54) is 10.9 Å². The van der Waals surface area contributed by atoms with E-state index in [2.05, 4.69) is 30.1 Å². The van der Waals surface area contributed by atoms with E-state index >= 15 is 0 Å². The van der Waals surface area contributed by atoms with E-state index in [4.69, 9.17) is 16.3 Å². The van der Waals surface area contributed by atoms with Gasteiger partial charge in [0.25, 0.3) is 0 Å². The van der Waals surface area contributed by atoms with Crippen LogP contribution in [0.1, 0.15) is 5.56 Å². The normalized spacial score (nSPS) is 10.6. The van der Waals surface area contributed by atoms with Crippen molar-refractivity contribution < 1.29 is 4.74 Å². The van der Waals surface area contributed by atoms with E-state index in [0.29, 0.717) is 11.6 Å². The molecule has 0 aromatic heterocycles. The first-order chi connectivity index (χ1) is 8.72. The lowest BCUT2D eigenvalue weighted by molar-refractivity contribution is 0.419. The lowest BCUT2D eigenvalue weighted by Gasteiger charge is -2.11. The Balaban J connectivity index is 2.31. The molecule has 0 fully saturated rings. The summed E-state index contributed by atoms with van der Waals surface area (Å²) >= 11 is 5.73. The minimum atomic E-state index is 0.613. The van der Waals surface area contributed by atoms with Gasteiger partial charge in [0.05, 0.1) is 7.11 Å². The third kappa shape index (κ3) is 2.84. The Morgan fingerprint density at radius 3 is 2.61 bits per heavy atom. The first kappa shape index (κ1) is 12.9. The standard InChI is InChI=1S/C15H16ClNO/c1-11(16)9-17-10-12-7-8-15(18-2)14-6-4-3-5-13(12)14/h3-8,17H,1,9-10H2,2H3. The average Bonchev–Trinajstić information content (AvgIpc) is 2.38. The summed E-state index contributed by atoms with van der Waals surface area (Å²) in [6.07, 6.45) is 0. The van der Waals surface area contributed by atoms with Crippen molar-refractivity contribution in [2.24, 2.45) is 0 Å². The second-order valence-corrected chi connectivity index (χ2v) is 4.63. The Labute approximate surface area is 112 Å². The molecule has 2 aromatic rings. The van der Waals surface area contributed by atoms with Crippen LogP contribution in [-0.2, 0) is 6.54 Å². The Kier molecular flexibility index (Phi) is 4.24. The van der Waals surface area contributed by atoms with E-state index < -0.39 is 0 Å². The molecule has 0 saturated heterocycles. The number of methoxy groups -OCH3 is 1. The molecule has 0 unspecified atom stereocenters. The fourth-order valence-corrected chi connectivity index (χ4v) is 2.09. The lowest BCUT2D eigenvalue weighted by atomic mass is 10.0. The lowest BCUT2D eigenvalue weighted by Crippen LogP contribution is -2.14. The molecule has 0 spiro atoms. The highest BCUT2D eigenvalue weighted by molar-refractivity contribution is 6.29. The fourth-order valence-electron chi connectivity index (χ4n) is 2.00. The summed E-state index contributed by atoms with van der Waals surface area (Å²) < 4.78 is 5.37. The van der Waals surface area contributed by atoms with E-state index in [9.17, 15) is 0 Å². The van der Waals surface area contributed by atoms with Crippen molar-refractivity contribution >= 4 is 22.4 Å². The van der Waals surface area contributed by atoms with Crippen molar-refractivity contribution in [1.82, 2.24) is 5.32 Å². The predicted molar refractivity (Wildman–Crippen MR) is 77.2 cm³/mol. The Hall–Kier alpha value is -1.51. The summed E-state index contributed by atoms with van der Waals surface area (Å²) in [5, 5.41) is 6.20. The van der Waals surface area contributed by atoms with Gasteiger partial charge in [0.1, 0.15) is 5.75 Å². The summed E-state index contributed by atoms with van der Waals surface area (Å²) in [4.78, 5) is 0. The van der Waals surface area contributed by atoms with E-state index in [-0.39, 0.29) is 0 Å². The van der Waals surface area contributed by atoms with Gasteiger partial charge < -0.3 is 10.1 Å². The zero-order chi connectivity index (χ0) is 13.0. The number of hydrogen-bond acceptors (Lipinski definition) is 2. The van der Waals surface area contributed by atoms with Crippen molar-refractivity contribution in [3.8, 4) is 5.75 Å². The second-order valence-electron chi connectivity index (χ2n) is 4.09. The van der Waals surface area contributed by atoms with Gasteiger partial charge in [-0.3, -0.25) is 0 Å². The molecular formula is C15H16ClNO. The van der Waals surface area contributed by atoms with Gasteiger partial charge in [0.2, 0.25) is 0 Å². The summed E-state index contributed by atoms with van der Waals surface area (Å²) in [7, 11) is 1.69. The van der Waals surface area contributed by atoms with Gasteiger partial charge >= 0.3 is 0 Å². The zero-order valence-corrected chi connectivity index (χ0v) is 11.1. The molecule has 0 saturated carbocycles. The number of nitrogens with one attached hydrogen (secondary N) is 1. The SMILES string of the molecule is C=C(Cl)CNCc1ccc(OC)c2ccccc12. The summed E-state index contributed by atoms with van der Waals surface area (Å²) in [6.45, 7) is 5.03. The molecule has 0 bridgehead atoms. The van der Waals surface area contributed by atoms with Crippen LogP contribution in [0.25, 0.3) is 10.8 Å². The zero-order valence-electron chi connectivity index (χ0n) is 10.4. The molecule has 2 rings (SSSR count). The maximum atomic E-state index is 5.73. The van der Waals surface area contributed by atoms with Crippen LogP contribution >= 0.6 is 11.6 Å². The topological polar surface area (TPSA) is 21.3 Å². The molecule has 0 aliphatic heterocycles. The minimum Gasteiger partial charge on any atom is -0.496 e. The van der Waals surface area contributed by atoms with Gasteiger partial charge in [-0.05, 0) is 17.0 Å². The van der Waals surface area contributed by atoms with E-state index in [1.807, 2.05) is 18.2 Å². The van der Waals surface area contributed by atoms with Crippen molar-refractivity contribution in [2.75, 3.05) is 13.7 Å². The van der Waals surface area contributed by atoms with Crippen LogP contribution in [-0.4, -0.2) is 13.7 Å². The minimum absolute atomic E-state index is 0.613. The molecule has 0 radical (unpaired) electrons. The molecular weight excluding hydrogens is 246 g/mol. The Morgan fingerprint density at radius 1 is 1.22 bits per heavy atom. The maximum absolute atomic E-state index is 5.73. The first-order valence-corrected chi connectivity index (χ1v) is 6.19. The third-order valence-electron chi connectivity index (χ3n) is 2.83. The molecule has 0 aliphatic carbocycles. The molecule has 94 valence electrons. The number of fused-ring (bicyclic) bond motifs is 1. The van der Waals surface area contributed by atoms with Crippen LogP contribution in [0.4, 0.5) is 0 Å². The van der Waals surface area contributed by atoms with Crippen molar-refractivity contribution in [3.63, 3.8) is 0 Å². The molecule has 2 nitrogen and oxygen atoms in total. The highest BCUT2D eigenvalue weighted by Gasteiger charge is 2.05. The number of hydrogen-bond donors (Lipinski definition) is 1. The average molecular weight is 262 g/mol. The van der Waals surface area contributed by atoms with Gasteiger partial charge in [-0.15, -0.1) is 0 Å². The molecule has 18 heavy (non-hydrogen) atoms. The highest BCUT2D eigenvalue weighted by Crippen LogP contribution is 2.28. The van der Waals surface area contributed by atoms with Gasteiger partial charge in [0.15, 0.2) is 0 Å². The van der Waals surface area contributed by atoms with Crippen LogP contribution in [0.3, 0.4) is 0 Å². The largest absolute Gasteiger partial charge is 0.496 e. The predicted octanol–water partition coefficient (Wildman–Crippen LogP) is 3.69. The number of benzene rings is 2. The monoisotopic (exact) mass is 261 g/mol. The molecule has 1 N–H and O–H groups in total. The van der Waals surface area contributed by atoms with Crippen molar-refractivity contribution in [2.45, 2.75) is 6.54 Å². The summed E-state index contributed by atoms with van der Waals surface area (Å²) in [5.74, 6) is 0.899. The van der Waals surface area contributed by atoms with E-state index in [0.717, 1.165) is 17.7 Å². The van der Waals surface area contributed by atoms with Gasteiger partial charge in [-0.1, -0.05) is 48.5 Å². The van der Waals surface area contributed by atoms with Gasteiger partial charge in [-0.25, -0.2) is 0 Å². The molecule has 0 atom stereocenters. The van der Waals surface area contributed by atoms with E-state index in [1.54, 1.807) is 7.11 Å². The van der Waals surface area contributed by atoms with Gasteiger partial charge in [-0.2, -0.15) is 0 Å². The number of ether oxygens (including phenoxy) is 1. The van der Waals surface area contributed by atoms with Crippen LogP contribution < -0.4 is 10.1 Å². The Bertz CT molecular complexity index is 565. The van der Waals surface area contributed by atoms with Crippen LogP contribution in [0, 0.1) is 0 Å². The van der Waals surface area contributed by atoms with Crippen LogP contribution in [0.2, 0.25) is 0 Å². The Morgan fingerprint density at radius 2 is 1.94 bits per heavy atom. The fraction of sp³-hybridized carbons (Fsp3) is 0.200. The third-order valence-corrected chi connectivity index (χ3v) is 2.96. The number of rotatable bonds is 5.